The lowest BCUT2D eigenvalue weighted by atomic mass is 9.89. The summed E-state index contributed by atoms with van der Waals surface area (Å²) < 4.78 is 10.6. The van der Waals surface area contributed by atoms with Crippen molar-refractivity contribution in [1.82, 2.24) is 26.3 Å². The van der Waals surface area contributed by atoms with Crippen molar-refractivity contribution < 1.29 is 33.4 Å². The molecule has 2 unspecified atom stereocenters. The molecule has 4 rings (SSSR count). The molecule has 1 saturated heterocycles. The smallest absolute Gasteiger partial charge is 0.289 e. The lowest BCUT2D eigenvalue weighted by molar-refractivity contribution is -0.141. The van der Waals surface area contributed by atoms with Crippen molar-refractivity contribution in [3.63, 3.8) is 0 Å². The van der Waals surface area contributed by atoms with Gasteiger partial charge in [0, 0.05) is 36.0 Å². The van der Waals surface area contributed by atoms with Gasteiger partial charge in [-0.2, -0.15) is 0 Å². The molecular weight excluding hydrogens is 518 g/mol. The molecule has 1 saturated carbocycles. The molecule has 1 aliphatic heterocycles. The molecule has 40 heavy (non-hydrogen) atoms. The molecule has 5 N–H and O–H groups in total. The molecule has 0 spiro atoms. The highest BCUT2D eigenvalue weighted by atomic mass is 16.5. The fraction of sp³-hybridized carbons (Fsp3) is 0.536. The number of nitrogens with one attached hydrogen (secondary N) is 5. The van der Waals surface area contributed by atoms with Gasteiger partial charge in [-0.3, -0.25) is 24.0 Å². The number of carbonyl (C=O) groups excluding carboxylic acids is 5. The number of Topliss-reactive ketones (excluding diaryl/α,β-unsaturated/α-hetero) is 1. The highest BCUT2D eigenvalue weighted by molar-refractivity contribution is 6.38. The topological polar surface area (TPSA) is 168 Å². The predicted octanol–water partition coefficient (Wildman–Crippen LogP) is 1.33. The van der Waals surface area contributed by atoms with Crippen LogP contribution in [0.15, 0.2) is 18.2 Å². The maximum Gasteiger partial charge on any atom is 0.289 e. The molecule has 4 amide bonds. The van der Waals surface area contributed by atoms with Gasteiger partial charge in [0.05, 0.1) is 32.3 Å². The van der Waals surface area contributed by atoms with Crippen molar-refractivity contribution in [3.8, 4) is 11.5 Å². The lowest BCUT2D eigenvalue weighted by Crippen LogP contribution is -2.53. The van der Waals surface area contributed by atoms with Crippen LogP contribution < -0.4 is 30.7 Å². The quantitative estimate of drug-likeness (QED) is 0.261. The summed E-state index contributed by atoms with van der Waals surface area (Å²) in [5, 5.41) is 11.3. The van der Waals surface area contributed by atoms with Gasteiger partial charge in [-0.05, 0) is 38.2 Å². The Morgan fingerprint density at radius 3 is 2.48 bits per heavy atom. The number of carbonyl (C=O) groups is 5. The number of benzene rings is 1. The van der Waals surface area contributed by atoms with Gasteiger partial charge >= 0.3 is 0 Å². The number of amides is 4. The molecule has 12 nitrogen and oxygen atoms in total. The van der Waals surface area contributed by atoms with Crippen molar-refractivity contribution in [2.75, 3.05) is 27.3 Å². The number of piperidine rings is 1. The van der Waals surface area contributed by atoms with Gasteiger partial charge in [-0.1, -0.05) is 19.3 Å². The standard InChI is InChI=1S/C28H37N5O7/c1-39-18-12-20-19(23(13-18)40-2)14-22(32-20)27(37)30-15-24(34)33-21(11-16-7-6-10-29-26(16)36)25(35)28(38)31-17-8-4-3-5-9-17/h12-14,16-17,21,32H,3-11,15H2,1-2H3,(H,29,36)(H,30,37)(H,31,38)(H,33,34). The van der Waals surface area contributed by atoms with E-state index in [0.717, 1.165) is 38.5 Å². The molecule has 2 aromatic rings. The summed E-state index contributed by atoms with van der Waals surface area (Å²) in [5.41, 5.74) is 0.818. The van der Waals surface area contributed by atoms with Crippen LogP contribution >= 0.6 is 0 Å². The fourth-order valence-electron chi connectivity index (χ4n) is 5.33. The van der Waals surface area contributed by atoms with Gasteiger partial charge in [0.25, 0.3) is 11.8 Å². The number of H-pyrrole nitrogens is 1. The van der Waals surface area contributed by atoms with Crippen LogP contribution in [0.5, 0.6) is 11.5 Å². The maximum atomic E-state index is 13.1. The molecular formula is C28H37N5O7. The Balaban J connectivity index is 1.40. The van der Waals surface area contributed by atoms with Crippen molar-refractivity contribution >= 4 is 40.3 Å². The monoisotopic (exact) mass is 555 g/mol. The van der Waals surface area contributed by atoms with E-state index < -0.39 is 42.0 Å². The Kier molecular flexibility index (Phi) is 9.62. The molecule has 2 aliphatic rings. The summed E-state index contributed by atoms with van der Waals surface area (Å²) in [7, 11) is 3.03. The second-order valence-corrected chi connectivity index (χ2v) is 10.3. The lowest BCUT2D eigenvalue weighted by Gasteiger charge is -2.27. The summed E-state index contributed by atoms with van der Waals surface area (Å²) in [4.78, 5) is 66.9. The number of hydrogen-bond donors (Lipinski definition) is 5. The van der Waals surface area contributed by atoms with E-state index in [0.29, 0.717) is 35.4 Å². The van der Waals surface area contributed by atoms with Gasteiger partial charge < -0.3 is 35.7 Å². The van der Waals surface area contributed by atoms with Crippen LogP contribution in [0.2, 0.25) is 0 Å². The van der Waals surface area contributed by atoms with E-state index in [2.05, 4.69) is 26.3 Å². The van der Waals surface area contributed by atoms with Crippen molar-refractivity contribution in [3.05, 3.63) is 23.9 Å². The number of aromatic amines is 1. The first-order valence-corrected chi connectivity index (χ1v) is 13.7. The maximum absolute atomic E-state index is 13.1. The van der Waals surface area contributed by atoms with Gasteiger partial charge in [-0.15, -0.1) is 0 Å². The molecule has 216 valence electrons. The highest BCUT2D eigenvalue weighted by Crippen LogP contribution is 2.31. The Labute approximate surface area is 232 Å². The minimum absolute atomic E-state index is 0.00604. The Bertz CT molecular complexity index is 1270. The van der Waals surface area contributed by atoms with Crippen molar-refractivity contribution in [2.45, 2.75) is 63.5 Å². The van der Waals surface area contributed by atoms with Crippen LogP contribution in [0.4, 0.5) is 0 Å². The molecule has 1 aliphatic carbocycles. The molecule has 1 aromatic carbocycles. The first kappa shape index (κ1) is 28.9. The molecule has 12 heteroatoms. The third-order valence-electron chi connectivity index (χ3n) is 7.52. The summed E-state index contributed by atoms with van der Waals surface area (Å²) in [5.74, 6) is -2.39. The van der Waals surface area contributed by atoms with Gasteiger partial charge in [-0.25, -0.2) is 0 Å². The number of hydrogen-bond acceptors (Lipinski definition) is 7. The number of ether oxygens (including phenoxy) is 2. The van der Waals surface area contributed by atoms with Crippen LogP contribution in [0.1, 0.15) is 61.9 Å². The SMILES string of the molecule is COc1cc(OC)c2cc(C(=O)NCC(=O)NC(CC3CCCNC3=O)C(=O)C(=O)NC3CCCCC3)[nH]c2c1. The minimum Gasteiger partial charge on any atom is -0.497 e. The molecule has 2 fully saturated rings. The summed E-state index contributed by atoms with van der Waals surface area (Å²) >= 11 is 0. The number of rotatable bonds is 11. The van der Waals surface area contributed by atoms with E-state index in [9.17, 15) is 24.0 Å². The Morgan fingerprint density at radius 2 is 1.77 bits per heavy atom. The normalized spacial score (nSPS) is 18.4. The summed E-state index contributed by atoms with van der Waals surface area (Å²) in [6.45, 7) is 0.125. The molecule has 0 radical (unpaired) electrons. The summed E-state index contributed by atoms with van der Waals surface area (Å²) in [6.07, 6.45) is 5.99. The van der Waals surface area contributed by atoms with E-state index in [4.69, 9.17) is 9.47 Å². The van der Waals surface area contributed by atoms with Crippen LogP contribution in [-0.4, -0.2) is 73.8 Å². The second-order valence-electron chi connectivity index (χ2n) is 10.3. The number of aromatic nitrogens is 1. The van der Waals surface area contributed by atoms with Crippen molar-refractivity contribution in [2.24, 2.45) is 5.92 Å². The molecule has 0 bridgehead atoms. The fourth-order valence-corrected chi connectivity index (χ4v) is 5.33. The Hall–Kier alpha value is -4.09. The first-order valence-electron chi connectivity index (χ1n) is 13.7. The summed E-state index contributed by atoms with van der Waals surface area (Å²) in [6, 6.07) is 3.75. The van der Waals surface area contributed by atoms with Gasteiger partial charge in [0.15, 0.2) is 0 Å². The number of ketones is 1. The van der Waals surface area contributed by atoms with Crippen LogP contribution in [0, 0.1) is 5.92 Å². The third-order valence-corrected chi connectivity index (χ3v) is 7.52. The predicted molar refractivity (Wildman–Crippen MR) is 146 cm³/mol. The molecule has 2 atom stereocenters. The van der Waals surface area contributed by atoms with Crippen molar-refractivity contribution in [1.29, 1.82) is 0 Å². The van der Waals surface area contributed by atoms with Gasteiger partial charge in [0.2, 0.25) is 17.6 Å². The minimum atomic E-state index is -1.19. The zero-order chi connectivity index (χ0) is 28.6. The second kappa shape index (κ2) is 13.3. The van der Waals surface area contributed by atoms with E-state index in [1.807, 2.05) is 0 Å². The first-order chi connectivity index (χ1) is 19.3. The van der Waals surface area contributed by atoms with Crippen LogP contribution in [-0.2, 0) is 19.2 Å². The van der Waals surface area contributed by atoms with E-state index in [-0.39, 0.29) is 24.1 Å². The zero-order valence-electron chi connectivity index (χ0n) is 22.9. The van der Waals surface area contributed by atoms with E-state index in [1.165, 1.54) is 14.2 Å². The van der Waals surface area contributed by atoms with E-state index >= 15 is 0 Å². The zero-order valence-corrected chi connectivity index (χ0v) is 22.9. The Morgan fingerprint density at radius 1 is 1.00 bits per heavy atom. The average molecular weight is 556 g/mol. The number of methoxy groups -OCH3 is 2. The third kappa shape index (κ3) is 7.10. The molecule has 2 heterocycles. The highest BCUT2D eigenvalue weighted by Gasteiger charge is 2.34. The largest absolute Gasteiger partial charge is 0.497 e. The average Bonchev–Trinajstić information content (AvgIpc) is 3.40. The molecule has 1 aromatic heterocycles. The number of fused-ring (bicyclic) bond motifs is 1. The van der Waals surface area contributed by atoms with Gasteiger partial charge in [0.1, 0.15) is 17.2 Å². The van der Waals surface area contributed by atoms with Crippen LogP contribution in [0.3, 0.4) is 0 Å². The van der Waals surface area contributed by atoms with Crippen LogP contribution in [0.25, 0.3) is 10.9 Å². The van der Waals surface area contributed by atoms with E-state index in [1.54, 1.807) is 18.2 Å².